The van der Waals surface area contributed by atoms with Crippen LogP contribution in [0.1, 0.15) is 41.7 Å². The molecule has 120 valence electrons. The maximum atomic E-state index is 12.7. The number of carbonyl (C=O) groups is 1. The Kier molecular flexibility index (Phi) is 2.69. The third-order valence-electron chi connectivity index (χ3n) is 6.29. The van der Waals surface area contributed by atoms with Crippen molar-refractivity contribution in [1.29, 1.82) is 0 Å². The third kappa shape index (κ3) is 1.89. The van der Waals surface area contributed by atoms with Crippen LogP contribution in [0.4, 0.5) is 0 Å². The standard InChI is InChI=1S/C18H21N3O2/c1-10-8-23-15-7-19-14(6-13(10)15)17(22)21-16-11-2-4-12(5-3-11)18(16)9-20-18/h6-8,11-12,16,20H,2-5,9H2,1H3,(H,21,22)/t11?,12?,16?,18-/m0/s1. The second-order valence-electron chi connectivity index (χ2n) is 7.44. The summed E-state index contributed by atoms with van der Waals surface area (Å²) >= 11 is 0. The van der Waals surface area contributed by atoms with E-state index in [1.165, 1.54) is 25.7 Å². The van der Waals surface area contributed by atoms with Crippen molar-refractivity contribution < 1.29 is 9.21 Å². The van der Waals surface area contributed by atoms with Gasteiger partial charge in [-0.1, -0.05) is 0 Å². The van der Waals surface area contributed by atoms with Gasteiger partial charge in [-0.2, -0.15) is 0 Å². The van der Waals surface area contributed by atoms with E-state index in [1.54, 1.807) is 12.5 Å². The summed E-state index contributed by atoms with van der Waals surface area (Å²) in [7, 11) is 0. The summed E-state index contributed by atoms with van der Waals surface area (Å²) in [5.41, 5.74) is 2.43. The minimum absolute atomic E-state index is 0.0573. The van der Waals surface area contributed by atoms with Gasteiger partial charge in [0.25, 0.3) is 5.91 Å². The molecule has 1 saturated heterocycles. The van der Waals surface area contributed by atoms with E-state index >= 15 is 0 Å². The summed E-state index contributed by atoms with van der Waals surface area (Å²) < 4.78 is 5.41. The van der Waals surface area contributed by atoms with Gasteiger partial charge in [-0.15, -0.1) is 0 Å². The fourth-order valence-electron chi connectivity index (χ4n) is 4.90. The largest absolute Gasteiger partial charge is 0.462 e. The summed E-state index contributed by atoms with van der Waals surface area (Å²) in [5.74, 6) is 1.28. The van der Waals surface area contributed by atoms with E-state index in [0.717, 1.165) is 29.0 Å². The van der Waals surface area contributed by atoms with Gasteiger partial charge in [-0.3, -0.25) is 4.79 Å². The van der Waals surface area contributed by atoms with Crippen LogP contribution in [0.15, 0.2) is 22.9 Å². The topological polar surface area (TPSA) is 77.1 Å². The fraction of sp³-hybridized carbons (Fsp3) is 0.556. The predicted molar refractivity (Wildman–Crippen MR) is 86.2 cm³/mol. The molecule has 0 radical (unpaired) electrons. The monoisotopic (exact) mass is 311 g/mol. The minimum atomic E-state index is -0.0573. The fourth-order valence-corrected chi connectivity index (χ4v) is 4.90. The number of hydrogen-bond donors (Lipinski definition) is 2. The molecule has 3 heterocycles. The molecular formula is C18H21N3O2. The summed E-state index contributed by atoms with van der Waals surface area (Å²) in [6.07, 6.45) is 8.45. The molecule has 2 N–H and O–H groups in total. The van der Waals surface area contributed by atoms with Gasteiger partial charge in [0, 0.05) is 11.9 Å². The molecule has 1 spiro atoms. The van der Waals surface area contributed by atoms with E-state index in [-0.39, 0.29) is 17.5 Å². The van der Waals surface area contributed by atoms with Crippen molar-refractivity contribution in [1.82, 2.24) is 15.6 Å². The first-order valence-corrected chi connectivity index (χ1v) is 8.57. The maximum absolute atomic E-state index is 12.7. The van der Waals surface area contributed by atoms with Gasteiger partial charge in [0.05, 0.1) is 24.0 Å². The number of pyridine rings is 1. The zero-order chi connectivity index (χ0) is 15.6. The number of rotatable bonds is 2. The van der Waals surface area contributed by atoms with Crippen molar-refractivity contribution >= 4 is 16.9 Å². The normalized spacial score (nSPS) is 34.9. The second kappa shape index (κ2) is 4.57. The highest BCUT2D eigenvalue weighted by molar-refractivity contribution is 5.96. The molecule has 4 aliphatic rings. The van der Waals surface area contributed by atoms with Crippen molar-refractivity contribution in [2.75, 3.05) is 6.54 Å². The highest BCUT2D eigenvalue weighted by Crippen LogP contribution is 2.51. The molecule has 3 saturated carbocycles. The van der Waals surface area contributed by atoms with E-state index < -0.39 is 0 Å². The Labute approximate surface area is 134 Å². The Morgan fingerprint density at radius 3 is 2.91 bits per heavy atom. The first-order chi connectivity index (χ1) is 11.2. The number of fused-ring (bicyclic) bond motifs is 3. The van der Waals surface area contributed by atoms with E-state index in [4.69, 9.17) is 4.42 Å². The minimum Gasteiger partial charge on any atom is -0.462 e. The number of hydrogen-bond acceptors (Lipinski definition) is 4. The van der Waals surface area contributed by atoms with Crippen LogP contribution in [0.25, 0.3) is 11.0 Å². The molecule has 5 nitrogen and oxygen atoms in total. The Hall–Kier alpha value is -1.88. The van der Waals surface area contributed by atoms with Crippen LogP contribution in [0, 0.1) is 18.8 Å². The number of aromatic nitrogens is 1. The van der Waals surface area contributed by atoms with Crippen molar-refractivity contribution in [3.05, 3.63) is 29.8 Å². The van der Waals surface area contributed by atoms with E-state index in [9.17, 15) is 4.79 Å². The molecule has 5 heteroatoms. The van der Waals surface area contributed by atoms with Crippen LogP contribution in [0.2, 0.25) is 0 Å². The molecule has 2 aromatic heterocycles. The number of aryl methyl sites for hydroxylation is 1. The van der Waals surface area contributed by atoms with Crippen LogP contribution < -0.4 is 10.6 Å². The second-order valence-corrected chi connectivity index (χ2v) is 7.44. The van der Waals surface area contributed by atoms with Gasteiger partial charge in [-0.05, 0) is 56.1 Å². The van der Waals surface area contributed by atoms with Gasteiger partial charge in [-0.25, -0.2) is 4.98 Å². The third-order valence-corrected chi connectivity index (χ3v) is 6.29. The van der Waals surface area contributed by atoms with Crippen LogP contribution >= 0.6 is 0 Å². The zero-order valence-corrected chi connectivity index (χ0v) is 13.3. The van der Waals surface area contributed by atoms with Crippen molar-refractivity contribution in [3.63, 3.8) is 0 Å². The van der Waals surface area contributed by atoms with E-state index in [1.807, 2.05) is 13.0 Å². The molecule has 1 aliphatic heterocycles. The first kappa shape index (κ1) is 13.5. The maximum Gasteiger partial charge on any atom is 0.270 e. The van der Waals surface area contributed by atoms with Crippen LogP contribution in [0.3, 0.4) is 0 Å². The number of nitrogens with zero attached hydrogens (tertiary/aromatic N) is 1. The highest BCUT2D eigenvalue weighted by Gasteiger charge is 2.61. The van der Waals surface area contributed by atoms with Crippen molar-refractivity contribution in [2.45, 2.75) is 44.2 Å². The summed E-state index contributed by atoms with van der Waals surface area (Å²) in [5, 5.41) is 7.84. The van der Waals surface area contributed by atoms with Gasteiger partial charge in [0.15, 0.2) is 5.58 Å². The molecule has 2 bridgehead atoms. The van der Waals surface area contributed by atoms with Crippen LogP contribution in [-0.2, 0) is 0 Å². The highest BCUT2D eigenvalue weighted by atomic mass is 16.3. The molecule has 2 atom stereocenters. The quantitative estimate of drug-likeness (QED) is 0.835. The lowest BCUT2D eigenvalue weighted by molar-refractivity contribution is 0.0631. The van der Waals surface area contributed by atoms with Gasteiger partial charge >= 0.3 is 0 Å². The molecule has 6 rings (SSSR count). The van der Waals surface area contributed by atoms with E-state index in [0.29, 0.717) is 11.6 Å². The Bertz CT molecular complexity index is 785. The summed E-state index contributed by atoms with van der Waals surface area (Å²) in [4.78, 5) is 17.0. The summed E-state index contributed by atoms with van der Waals surface area (Å²) in [6.45, 7) is 3.03. The molecule has 3 aliphatic carbocycles. The molecule has 2 aromatic rings. The zero-order valence-electron chi connectivity index (χ0n) is 13.3. The molecule has 1 amide bonds. The summed E-state index contributed by atoms with van der Waals surface area (Å²) in [6, 6.07) is 2.10. The molecule has 23 heavy (non-hydrogen) atoms. The molecule has 0 aromatic carbocycles. The lowest BCUT2D eigenvalue weighted by Crippen LogP contribution is -2.60. The molecule has 1 unspecified atom stereocenters. The Morgan fingerprint density at radius 1 is 1.39 bits per heavy atom. The van der Waals surface area contributed by atoms with Crippen LogP contribution in [0.5, 0.6) is 0 Å². The first-order valence-electron chi connectivity index (χ1n) is 8.57. The van der Waals surface area contributed by atoms with Crippen molar-refractivity contribution in [2.24, 2.45) is 11.8 Å². The SMILES string of the molecule is Cc1coc2cnc(C(=O)NC3C4CCC(CC4)[C@@]34CN4)cc12. The van der Waals surface area contributed by atoms with Gasteiger partial charge in [0.2, 0.25) is 0 Å². The number of amides is 1. The average molecular weight is 311 g/mol. The van der Waals surface area contributed by atoms with Gasteiger partial charge in [0.1, 0.15) is 5.69 Å². The molecular weight excluding hydrogens is 290 g/mol. The lowest BCUT2D eigenvalue weighted by Gasteiger charge is -2.48. The predicted octanol–water partition coefficient (Wildman–Crippen LogP) is 2.40. The van der Waals surface area contributed by atoms with Crippen molar-refractivity contribution in [3.8, 4) is 0 Å². The number of nitrogens with one attached hydrogen (secondary N) is 2. The lowest BCUT2D eigenvalue weighted by atomic mass is 9.61. The van der Waals surface area contributed by atoms with Gasteiger partial charge < -0.3 is 15.1 Å². The van der Waals surface area contributed by atoms with Crippen LogP contribution in [-0.4, -0.2) is 29.0 Å². The van der Waals surface area contributed by atoms with E-state index in [2.05, 4.69) is 15.6 Å². The smallest absolute Gasteiger partial charge is 0.270 e. The molecule has 4 fully saturated rings. The number of carbonyl (C=O) groups excluding carboxylic acids is 1. The Morgan fingerprint density at radius 2 is 2.17 bits per heavy atom. The Balaban J connectivity index is 1.43. The number of furan rings is 1. The average Bonchev–Trinajstić information content (AvgIpc) is 3.28.